The molecule has 1 nitrogen and oxygen atoms in total. The van der Waals surface area contributed by atoms with Gasteiger partial charge >= 0.3 is 0 Å². The van der Waals surface area contributed by atoms with Gasteiger partial charge in [-0.3, -0.25) is 0 Å². The van der Waals surface area contributed by atoms with E-state index < -0.39 is 0 Å². The molecule has 1 aromatic rings. The molecule has 106 valence electrons. The average molecular weight is 268 g/mol. The van der Waals surface area contributed by atoms with Gasteiger partial charge < -0.3 is 5.11 Å². The Hall–Kier alpha value is -1.34. The molecule has 0 aliphatic heterocycles. The lowest BCUT2D eigenvalue weighted by atomic mass is 9.64. The molecule has 0 heterocycles. The van der Waals surface area contributed by atoms with Gasteiger partial charge in [-0.2, -0.15) is 0 Å². The zero-order valence-electron chi connectivity index (χ0n) is 12.3. The van der Waals surface area contributed by atoms with Crippen molar-refractivity contribution in [3.8, 4) is 0 Å². The van der Waals surface area contributed by atoms with E-state index in [9.17, 15) is 5.11 Å². The number of rotatable bonds is 2. The maximum atomic E-state index is 10.4. The summed E-state index contributed by atoms with van der Waals surface area (Å²) in [4.78, 5) is 0. The molecule has 0 unspecified atom stereocenters. The summed E-state index contributed by atoms with van der Waals surface area (Å²) in [5, 5.41) is 10.4. The van der Waals surface area contributed by atoms with E-state index in [0.717, 1.165) is 32.1 Å². The molecule has 0 aromatic heterocycles. The van der Waals surface area contributed by atoms with Gasteiger partial charge in [-0.1, -0.05) is 54.1 Å². The Morgan fingerprint density at radius 2 is 2.00 bits per heavy atom. The molecule has 0 saturated heterocycles. The maximum absolute atomic E-state index is 10.4. The smallest absolute Gasteiger partial charge is 0.0585 e. The van der Waals surface area contributed by atoms with E-state index in [1.54, 1.807) is 0 Å². The number of allylic oxidation sites excluding steroid dienone is 2. The van der Waals surface area contributed by atoms with Crippen molar-refractivity contribution in [3.05, 3.63) is 59.7 Å². The highest BCUT2D eigenvalue weighted by molar-refractivity contribution is 5.28. The normalized spacial score (nSPS) is 33.5. The summed E-state index contributed by atoms with van der Waals surface area (Å²) in [7, 11) is 0. The molecule has 2 aliphatic carbocycles. The molecule has 3 atom stereocenters. The average Bonchev–Trinajstić information content (AvgIpc) is 2.51. The minimum Gasteiger partial charge on any atom is -0.393 e. The Labute approximate surface area is 122 Å². The third-order valence-electron chi connectivity index (χ3n) is 5.27. The molecular weight excluding hydrogens is 244 g/mol. The van der Waals surface area contributed by atoms with Crippen molar-refractivity contribution in [2.45, 2.75) is 45.1 Å². The van der Waals surface area contributed by atoms with Crippen LogP contribution >= 0.6 is 0 Å². The Kier molecular flexibility index (Phi) is 3.55. The van der Waals surface area contributed by atoms with E-state index in [1.807, 2.05) is 0 Å². The predicted molar refractivity (Wildman–Crippen MR) is 83.4 cm³/mol. The summed E-state index contributed by atoms with van der Waals surface area (Å²) >= 11 is 0. The van der Waals surface area contributed by atoms with Crippen molar-refractivity contribution in [2.24, 2.45) is 11.3 Å². The molecule has 0 radical (unpaired) electrons. The van der Waals surface area contributed by atoms with Gasteiger partial charge in [-0.15, -0.1) is 0 Å². The second kappa shape index (κ2) is 5.21. The fraction of sp³-hybridized carbons (Fsp3) is 0.474. The van der Waals surface area contributed by atoms with Crippen LogP contribution in [-0.4, -0.2) is 11.2 Å². The zero-order chi connectivity index (χ0) is 14.2. The van der Waals surface area contributed by atoms with E-state index in [2.05, 4.69) is 49.9 Å². The SMILES string of the molecule is C=C1C[C@H](O)C[C@]2(Cc3ccccc3)C[C@H]1CC=C2C. The predicted octanol–water partition coefficient (Wildman–Crippen LogP) is 4.28. The second-order valence-electron chi connectivity index (χ2n) is 6.69. The van der Waals surface area contributed by atoms with E-state index in [0.29, 0.717) is 5.92 Å². The van der Waals surface area contributed by atoms with Crippen molar-refractivity contribution in [2.75, 3.05) is 0 Å². The van der Waals surface area contributed by atoms with Gasteiger partial charge in [0.25, 0.3) is 0 Å². The molecule has 2 bridgehead atoms. The molecule has 1 heteroatoms. The Morgan fingerprint density at radius 1 is 1.25 bits per heavy atom. The molecule has 0 amide bonds. The first-order valence-corrected chi connectivity index (χ1v) is 7.66. The van der Waals surface area contributed by atoms with Crippen molar-refractivity contribution in [3.63, 3.8) is 0 Å². The van der Waals surface area contributed by atoms with Crippen molar-refractivity contribution >= 4 is 0 Å². The van der Waals surface area contributed by atoms with Crippen molar-refractivity contribution in [1.82, 2.24) is 0 Å². The summed E-state index contributed by atoms with van der Waals surface area (Å²) in [6, 6.07) is 10.7. The minimum atomic E-state index is -0.238. The quantitative estimate of drug-likeness (QED) is 0.794. The number of aliphatic hydroxyl groups is 1. The first-order valence-electron chi connectivity index (χ1n) is 7.66. The lowest BCUT2D eigenvalue weighted by molar-refractivity contribution is 0.116. The van der Waals surface area contributed by atoms with Gasteiger partial charge in [0.1, 0.15) is 0 Å². The molecule has 1 saturated carbocycles. The highest BCUT2D eigenvalue weighted by Crippen LogP contribution is 2.51. The monoisotopic (exact) mass is 268 g/mol. The Bertz CT molecular complexity index is 528. The summed E-state index contributed by atoms with van der Waals surface area (Å²) in [5.41, 5.74) is 4.21. The molecular formula is C19H24O. The van der Waals surface area contributed by atoms with E-state index in [1.165, 1.54) is 16.7 Å². The molecule has 3 rings (SSSR count). The number of benzene rings is 1. The van der Waals surface area contributed by atoms with Crippen LogP contribution in [0.4, 0.5) is 0 Å². The van der Waals surface area contributed by atoms with Crippen molar-refractivity contribution < 1.29 is 5.11 Å². The van der Waals surface area contributed by atoms with Crippen LogP contribution in [0, 0.1) is 11.3 Å². The molecule has 1 fully saturated rings. The van der Waals surface area contributed by atoms with Gasteiger partial charge in [0, 0.05) is 0 Å². The standard InChI is InChI=1S/C19H24O/c1-14-10-18(20)13-19(11-16-6-4-3-5-7-16)12-17(14)9-8-15(19)2/h3-8,17-18,20H,1,9-13H2,2H3/t17-,18+,19+/m1/s1. The van der Waals surface area contributed by atoms with E-state index in [-0.39, 0.29) is 11.5 Å². The third-order valence-corrected chi connectivity index (χ3v) is 5.27. The van der Waals surface area contributed by atoms with Crippen LogP contribution in [0.5, 0.6) is 0 Å². The zero-order valence-corrected chi connectivity index (χ0v) is 12.3. The molecule has 1 N–H and O–H groups in total. The topological polar surface area (TPSA) is 20.2 Å². The lowest BCUT2D eigenvalue weighted by Crippen LogP contribution is -2.32. The summed E-state index contributed by atoms with van der Waals surface area (Å²) in [6.07, 6.45) is 7.10. The van der Waals surface area contributed by atoms with Gasteiger partial charge in [-0.25, -0.2) is 0 Å². The molecule has 20 heavy (non-hydrogen) atoms. The molecule has 0 spiro atoms. The van der Waals surface area contributed by atoms with Gasteiger partial charge in [0.2, 0.25) is 0 Å². The van der Waals surface area contributed by atoms with Crippen LogP contribution in [0.25, 0.3) is 0 Å². The van der Waals surface area contributed by atoms with Crippen molar-refractivity contribution in [1.29, 1.82) is 0 Å². The third kappa shape index (κ3) is 2.47. The van der Waals surface area contributed by atoms with Gasteiger partial charge in [-0.05, 0) is 55.9 Å². The van der Waals surface area contributed by atoms with E-state index >= 15 is 0 Å². The minimum absolute atomic E-state index is 0.128. The number of hydrogen-bond acceptors (Lipinski definition) is 1. The van der Waals surface area contributed by atoms with Crippen LogP contribution in [0.1, 0.15) is 38.2 Å². The van der Waals surface area contributed by atoms with E-state index in [4.69, 9.17) is 0 Å². The molecule has 1 aromatic carbocycles. The first kappa shape index (κ1) is 13.6. The highest BCUT2D eigenvalue weighted by Gasteiger charge is 2.42. The highest BCUT2D eigenvalue weighted by atomic mass is 16.3. The largest absolute Gasteiger partial charge is 0.393 e. The van der Waals surface area contributed by atoms with Gasteiger partial charge in [0.15, 0.2) is 0 Å². The lowest BCUT2D eigenvalue weighted by Gasteiger charge is -2.40. The van der Waals surface area contributed by atoms with Crippen LogP contribution in [0.15, 0.2) is 54.1 Å². The fourth-order valence-corrected chi connectivity index (χ4v) is 4.07. The Morgan fingerprint density at radius 3 is 2.75 bits per heavy atom. The Balaban J connectivity index is 1.96. The number of fused-ring (bicyclic) bond motifs is 2. The summed E-state index contributed by atoms with van der Waals surface area (Å²) < 4.78 is 0. The van der Waals surface area contributed by atoms with Crippen LogP contribution in [0.3, 0.4) is 0 Å². The van der Waals surface area contributed by atoms with Crippen LogP contribution < -0.4 is 0 Å². The number of hydrogen-bond donors (Lipinski definition) is 1. The second-order valence-corrected chi connectivity index (χ2v) is 6.69. The first-order chi connectivity index (χ1) is 9.59. The summed E-state index contributed by atoms with van der Waals surface area (Å²) in [6.45, 7) is 6.47. The van der Waals surface area contributed by atoms with Crippen LogP contribution in [0.2, 0.25) is 0 Å². The summed E-state index contributed by atoms with van der Waals surface area (Å²) in [5.74, 6) is 0.555. The maximum Gasteiger partial charge on any atom is 0.0585 e. The van der Waals surface area contributed by atoms with Crippen LogP contribution in [-0.2, 0) is 6.42 Å². The fourth-order valence-electron chi connectivity index (χ4n) is 4.07. The molecule has 2 aliphatic rings. The number of aliphatic hydroxyl groups excluding tert-OH is 1. The van der Waals surface area contributed by atoms with Gasteiger partial charge in [0.05, 0.1) is 6.10 Å².